The van der Waals surface area contributed by atoms with Crippen molar-refractivity contribution in [3.63, 3.8) is 0 Å². The summed E-state index contributed by atoms with van der Waals surface area (Å²) in [6, 6.07) is 1.75. The third-order valence-electron chi connectivity index (χ3n) is 3.64. The molecule has 0 saturated carbocycles. The Balaban J connectivity index is 1.97. The summed E-state index contributed by atoms with van der Waals surface area (Å²) < 4.78 is 1.46. The molecule has 3 heterocycles. The van der Waals surface area contributed by atoms with Crippen molar-refractivity contribution in [2.45, 2.75) is 27.2 Å². The lowest BCUT2D eigenvalue weighted by Crippen LogP contribution is -2.15. The van der Waals surface area contributed by atoms with E-state index in [0.717, 1.165) is 16.1 Å². The van der Waals surface area contributed by atoms with Crippen molar-refractivity contribution < 1.29 is 14.7 Å². The molecule has 0 radical (unpaired) electrons. The van der Waals surface area contributed by atoms with Crippen LogP contribution < -0.4 is 5.32 Å². The topological polar surface area (TPSA) is 109 Å². The predicted molar refractivity (Wildman–Crippen MR) is 88.9 cm³/mol. The van der Waals surface area contributed by atoms with E-state index in [4.69, 9.17) is 0 Å². The molecule has 2 N–H and O–H groups in total. The maximum Gasteiger partial charge on any atom is 0.339 e. The number of carbonyl (C=O) groups is 2. The fourth-order valence-electron chi connectivity index (χ4n) is 2.48. The quantitative estimate of drug-likeness (QED) is 0.751. The number of carboxylic acids is 1. The van der Waals surface area contributed by atoms with Crippen LogP contribution in [0.15, 0.2) is 12.3 Å². The molecule has 0 fully saturated rings. The van der Waals surface area contributed by atoms with Gasteiger partial charge in [0.2, 0.25) is 5.82 Å². The molecule has 0 atom stereocenters. The van der Waals surface area contributed by atoms with Gasteiger partial charge < -0.3 is 10.4 Å². The molecule has 0 aromatic carbocycles. The van der Waals surface area contributed by atoms with Crippen LogP contribution in [-0.4, -0.2) is 36.6 Å². The number of aryl methyl sites for hydroxylation is 2. The Hall–Kier alpha value is -2.81. The summed E-state index contributed by atoms with van der Waals surface area (Å²) in [7, 11) is 0. The van der Waals surface area contributed by atoms with Crippen molar-refractivity contribution in [1.29, 1.82) is 0 Å². The van der Waals surface area contributed by atoms with Crippen LogP contribution in [0.4, 0.5) is 5.00 Å². The molecule has 0 spiro atoms. The summed E-state index contributed by atoms with van der Waals surface area (Å²) in [5, 5.41) is 16.5. The number of amides is 1. The average Bonchev–Trinajstić information content (AvgIpc) is 3.09. The van der Waals surface area contributed by atoms with E-state index < -0.39 is 11.9 Å². The van der Waals surface area contributed by atoms with Crippen LogP contribution >= 0.6 is 11.3 Å². The van der Waals surface area contributed by atoms with Crippen molar-refractivity contribution in [3.05, 3.63) is 39.8 Å². The van der Waals surface area contributed by atoms with Crippen molar-refractivity contribution in [1.82, 2.24) is 19.6 Å². The molecule has 0 aliphatic rings. The number of fused-ring (bicyclic) bond motifs is 1. The fraction of sp³-hybridized carbons (Fsp3) is 0.267. The van der Waals surface area contributed by atoms with Gasteiger partial charge in [-0.3, -0.25) is 4.79 Å². The first-order valence-electron chi connectivity index (χ1n) is 7.27. The largest absolute Gasteiger partial charge is 0.478 e. The smallest absolute Gasteiger partial charge is 0.339 e. The Kier molecular flexibility index (Phi) is 4.02. The lowest BCUT2D eigenvalue weighted by Gasteiger charge is -2.02. The number of rotatable bonds is 4. The number of nitrogens with one attached hydrogen (secondary N) is 1. The molecule has 0 saturated heterocycles. The number of carboxylic acid groups (broad SMARTS) is 1. The number of hydrogen-bond donors (Lipinski definition) is 2. The Labute approximate surface area is 141 Å². The number of thiophene rings is 1. The lowest BCUT2D eigenvalue weighted by molar-refractivity contribution is 0.0697. The van der Waals surface area contributed by atoms with Crippen molar-refractivity contribution in [3.8, 4) is 0 Å². The van der Waals surface area contributed by atoms with E-state index in [1.54, 1.807) is 12.3 Å². The minimum absolute atomic E-state index is 0.0581. The SMILES string of the molecule is CCc1c(C)sc(NC(=O)c2nc3nccc(C)n3n2)c1C(=O)O. The summed E-state index contributed by atoms with van der Waals surface area (Å²) in [5.41, 5.74) is 1.65. The molecule has 3 aromatic rings. The number of hydrogen-bond acceptors (Lipinski definition) is 6. The number of nitrogens with zero attached hydrogens (tertiary/aromatic N) is 4. The lowest BCUT2D eigenvalue weighted by atomic mass is 10.1. The summed E-state index contributed by atoms with van der Waals surface area (Å²) in [5.74, 6) is -1.37. The van der Waals surface area contributed by atoms with E-state index in [1.165, 1.54) is 15.9 Å². The number of aromatic carboxylic acids is 1. The summed E-state index contributed by atoms with van der Waals surface area (Å²) in [6.07, 6.45) is 2.16. The first-order chi connectivity index (χ1) is 11.4. The molecule has 0 aliphatic carbocycles. The molecule has 0 unspecified atom stereocenters. The summed E-state index contributed by atoms with van der Waals surface area (Å²) in [6.45, 7) is 5.54. The molecule has 0 aliphatic heterocycles. The van der Waals surface area contributed by atoms with Gasteiger partial charge in [0.25, 0.3) is 11.7 Å². The normalized spacial score (nSPS) is 11.0. The maximum atomic E-state index is 12.4. The molecule has 3 aromatic heterocycles. The highest BCUT2D eigenvalue weighted by molar-refractivity contribution is 7.16. The molecule has 0 bridgehead atoms. The Morgan fingerprint density at radius 3 is 2.75 bits per heavy atom. The van der Waals surface area contributed by atoms with Crippen LogP contribution in [0.2, 0.25) is 0 Å². The van der Waals surface area contributed by atoms with Crippen LogP contribution in [0.25, 0.3) is 5.78 Å². The molecular weight excluding hydrogens is 330 g/mol. The summed E-state index contributed by atoms with van der Waals surface area (Å²) in [4.78, 5) is 32.9. The van der Waals surface area contributed by atoms with E-state index in [1.807, 2.05) is 20.8 Å². The van der Waals surface area contributed by atoms with Gasteiger partial charge in [0.1, 0.15) is 5.00 Å². The number of aromatic nitrogens is 4. The fourth-order valence-corrected chi connectivity index (χ4v) is 3.61. The van der Waals surface area contributed by atoms with E-state index >= 15 is 0 Å². The number of carbonyl (C=O) groups excluding carboxylic acids is 1. The second-order valence-corrected chi connectivity index (χ2v) is 6.41. The van der Waals surface area contributed by atoms with Gasteiger partial charge in [0.05, 0.1) is 5.56 Å². The highest BCUT2D eigenvalue weighted by Gasteiger charge is 2.23. The highest BCUT2D eigenvalue weighted by atomic mass is 32.1. The first kappa shape index (κ1) is 16.1. The first-order valence-corrected chi connectivity index (χ1v) is 8.09. The van der Waals surface area contributed by atoms with Crippen LogP contribution in [-0.2, 0) is 6.42 Å². The van der Waals surface area contributed by atoms with Gasteiger partial charge in [-0.15, -0.1) is 16.4 Å². The predicted octanol–water partition coefficient (Wildman–Crippen LogP) is 2.32. The van der Waals surface area contributed by atoms with E-state index in [-0.39, 0.29) is 11.4 Å². The number of anilines is 1. The van der Waals surface area contributed by atoms with Gasteiger partial charge in [-0.25, -0.2) is 14.3 Å². The Bertz CT molecular complexity index is 960. The minimum atomic E-state index is -1.06. The zero-order valence-electron chi connectivity index (χ0n) is 13.3. The zero-order chi connectivity index (χ0) is 17.4. The van der Waals surface area contributed by atoms with Gasteiger partial charge >= 0.3 is 5.97 Å². The Morgan fingerprint density at radius 1 is 1.38 bits per heavy atom. The monoisotopic (exact) mass is 345 g/mol. The third kappa shape index (κ3) is 2.62. The van der Waals surface area contributed by atoms with Gasteiger partial charge in [0, 0.05) is 16.8 Å². The zero-order valence-corrected chi connectivity index (χ0v) is 14.1. The van der Waals surface area contributed by atoms with E-state index in [2.05, 4.69) is 20.4 Å². The second kappa shape index (κ2) is 6.00. The molecule has 9 heteroatoms. The minimum Gasteiger partial charge on any atom is -0.478 e. The molecule has 1 amide bonds. The van der Waals surface area contributed by atoms with Gasteiger partial charge in [-0.1, -0.05) is 6.92 Å². The van der Waals surface area contributed by atoms with Crippen LogP contribution in [0.5, 0.6) is 0 Å². The van der Waals surface area contributed by atoms with Gasteiger partial charge in [0.15, 0.2) is 0 Å². The Morgan fingerprint density at radius 2 is 2.12 bits per heavy atom. The molecule has 8 nitrogen and oxygen atoms in total. The van der Waals surface area contributed by atoms with Crippen molar-refractivity contribution in [2.75, 3.05) is 5.32 Å². The molecular formula is C15H15N5O3S. The van der Waals surface area contributed by atoms with Crippen LogP contribution in [0, 0.1) is 13.8 Å². The van der Waals surface area contributed by atoms with E-state index in [9.17, 15) is 14.7 Å². The van der Waals surface area contributed by atoms with Gasteiger partial charge in [-0.05, 0) is 31.9 Å². The standard InChI is InChI=1S/C15H15N5O3S/c1-4-9-8(3)24-13(10(9)14(22)23)18-12(21)11-17-15-16-6-5-7(2)20(15)19-11/h5-6H,4H2,1-3H3,(H,18,21)(H,22,23). The van der Waals surface area contributed by atoms with Crippen LogP contribution in [0.3, 0.4) is 0 Å². The molecule has 24 heavy (non-hydrogen) atoms. The molecule has 124 valence electrons. The van der Waals surface area contributed by atoms with E-state index in [0.29, 0.717) is 17.2 Å². The summed E-state index contributed by atoms with van der Waals surface area (Å²) >= 11 is 1.24. The third-order valence-corrected chi connectivity index (χ3v) is 4.70. The second-order valence-electron chi connectivity index (χ2n) is 5.19. The van der Waals surface area contributed by atoms with Crippen molar-refractivity contribution in [2.24, 2.45) is 0 Å². The van der Waals surface area contributed by atoms with Crippen molar-refractivity contribution >= 4 is 34.0 Å². The maximum absolute atomic E-state index is 12.4. The molecule has 3 rings (SSSR count). The van der Waals surface area contributed by atoms with Gasteiger partial charge in [-0.2, -0.15) is 4.98 Å². The average molecular weight is 345 g/mol. The highest BCUT2D eigenvalue weighted by Crippen LogP contribution is 2.33. The van der Waals surface area contributed by atoms with Crippen LogP contribution in [0.1, 0.15) is 44.0 Å².